The van der Waals surface area contributed by atoms with Crippen LogP contribution in [-0.4, -0.2) is 46.1 Å². The highest BCUT2D eigenvalue weighted by Crippen LogP contribution is 2.09. The molecule has 0 aromatic carbocycles. The third-order valence-electron chi connectivity index (χ3n) is 2.72. The van der Waals surface area contributed by atoms with Crippen molar-refractivity contribution in [3.8, 4) is 0 Å². The molecule has 0 saturated carbocycles. The SMILES string of the molecule is CCOC(=O)CNC(=O)N1CCn2ccnc2C1. The first-order valence-electron chi connectivity index (χ1n) is 5.89. The van der Waals surface area contributed by atoms with Crippen molar-refractivity contribution in [2.24, 2.45) is 0 Å². The Morgan fingerprint density at radius 1 is 1.50 bits per heavy atom. The number of urea groups is 1. The van der Waals surface area contributed by atoms with Gasteiger partial charge in [0.1, 0.15) is 12.4 Å². The lowest BCUT2D eigenvalue weighted by molar-refractivity contribution is -0.141. The van der Waals surface area contributed by atoms with Gasteiger partial charge in [0.25, 0.3) is 0 Å². The van der Waals surface area contributed by atoms with E-state index in [0.717, 1.165) is 12.4 Å². The summed E-state index contributed by atoms with van der Waals surface area (Å²) < 4.78 is 6.74. The average molecular weight is 252 g/mol. The van der Waals surface area contributed by atoms with Gasteiger partial charge in [-0.1, -0.05) is 0 Å². The van der Waals surface area contributed by atoms with Crippen LogP contribution in [0.2, 0.25) is 0 Å². The summed E-state index contributed by atoms with van der Waals surface area (Å²) in [6, 6.07) is -0.266. The van der Waals surface area contributed by atoms with Gasteiger partial charge in [0.05, 0.1) is 13.2 Å². The predicted octanol–water partition coefficient (Wildman–Crippen LogP) is -0.0286. The van der Waals surface area contributed by atoms with Gasteiger partial charge in [0.15, 0.2) is 0 Å². The molecule has 0 aliphatic carbocycles. The maximum atomic E-state index is 11.8. The summed E-state index contributed by atoms with van der Waals surface area (Å²) >= 11 is 0. The molecule has 2 heterocycles. The van der Waals surface area contributed by atoms with Crippen LogP contribution in [0.1, 0.15) is 12.7 Å². The standard InChI is InChI=1S/C11H16N4O3/c1-2-18-10(16)7-13-11(17)15-6-5-14-4-3-12-9(14)8-15/h3-4H,2,5-8H2,1H3,(H,13,17). The summed E-state index contributed by atoms with van der Waals surface area (Å²) in [4.78, 5) is 28.7. The van der Waals surface area contributed by atoms with Crippen molar-refractivity contribution in [1.82, 2.24) is 19.8 Å². The minimum Gasteiger partial charge on any atom is -0.465 e. The van der Waals surface area contributed by atoms with E-state index in [4.69, 9.17) is 4.74 Å². The quantitative estimate of drug-likeness (QED) is 0.766. The van der Waals surface area contributed by atoms with Crippen molar-refractivity contribution in [3.63, 3.8) is 0 Å². The third kappa shape index (κ3) is 2.79. The van der Waals surface area contributed by atoms with E-state index in [-0.39, 0.29) is 12.6 Å². The Labute approximate surface area is 105 Å². The van der Waals surface area contributed by atoms with E-state index in [1.807, 2.05) is 10.8 Å². The highest BCUT2D eigenvalue weighted by molar-refractivity contribution is 5.80. The van der Waals surface area contributed by atoms with Crippen LogP contribution in [0, 0.1) is 0 Å². The van der Waals surface area contributed by atoms with Gasteiger partial charge in [-0.2, -0.15) is 0 Å². The smallest absolute Gasteiger partial charge is 0.325 e. The van der Waals surface area contributed by atoms with E-state index in [9.17, 15) is 9.59 Å². The van der Waals surface area contributed by atoms with E-state index in [1.165, 1.54) is 0 Å². The number of ether oxygens (including phenoxy) is 1. The number of nitrogens with zero attached hydrogens (tertiary/aromatic N) is 3. The lowest BCUT2D eigenvalue weighted by Gasteiger charge is -2.27. The molecule has 98 valence electrons. The van der Waals surface area contributed by atoms with E-state index >= 15 is 0 Å². The number of nitrogens with one attached hydrogen (secondary N) is 1. The summed E-state index contributed by atoms with van der Waals surface area (Å²) in [5.41, 5.74) is 0. The van der Waals surface area contributed by atoms with E-state index < -0.39 is 5.97 Å². The van der Waals surface area contributed by atoms with Gasteiger partial charge in [-0.05, 0) is 6.92 Å². The Bertz CT molecular complexity index is 443. The molecule has 0 unspecified atom stereocenters. The van der Waals surface area contributed by atoms with E-state index in [2.05, 4.69) is 10.3 Å². The molecule has 0 bridgehead atoms. The summed E-state index contributed by atoms with van der Waals surface area (Å²) in [6.45, 7) is 3.74. The summed E-state index contributed by atoms with van der Waals surface area (Å²) in [6.07, 6.45) is 3.61. The normalized spacial score (nSPS) is 13.9. The molecular weight excluding hydrogens is 236 g/mol. The van der Waals surface area contributed by atoms with Crippen molar-refractivity contribution in [1.29, 1.82) is 0 Å². The van der Waals surface area contributed by atoms with Crippen molar-refractivity contribution >= 4 is 12.0 Å². The van der Waals surface area contributed by atoms with Crippen LogP contribution in [-0.2, 0) is 22.6 Å². The molecule has 18 heavy (non-hydrogen) atoms. The zero-order valence-electron chi connectivity index (χ0n) is 10.3. The second-order valence-electron chi connectivity index (χ2n) is 3.92. The first-order chi connectivity index (χ1) is 8.70. The monoisotopic (exact) mass is 252 g/mol. The molecule has 7 heteroatoms. The Balaban J connectivity index is 1.82. The number of hydrogen-bond donors (Lipinski definition) is 1. The molecule has 2 amide bonds. The minimum atomic E-state index is -0.427. The van der Waals surface area contributed by atoms with E-state index in [1.54, 1.807) is 18.0 Å². The Kier molecular flexibility index (Phi) is 3.81. The average Bonchev–Trinajstić information content (AvgIpc) is 2.83. The summed E-state index contributed by atoms with van der Waals surface area (Å²) in [7, 11) is 0. The van der Waals surface area contributed by atoms with Gasteiger partial charge < -0.3 is 19.5 Å². The molecular formula is C11H16N4O3. The first kappa shape index (κ1) is 12.4. The van der Waals surface area contributed by atoms with Crippen LogP contribution >= 0.6 is 0 Å². The number of amides is 2. The van der Waals surface area contributed by atoms with Gasteiger partial charge in [-0.15, -0.1) is 0 Å². The molecule has 0 fully saturated rings. The molecule has 1 aliphatic rings. The molecule has 1 aromatic heterocycles. The second kappa shape index (κ2) is 5.52. The Hall–Kier alpha value is -2.05. The van der Waals surface area contributed by atoms with Crippen LogP contribution in [0.3, 0.4) is 0 Å². The highest BCUT2D eigenvalue weighted by Gasteiger charge is 2.21. The molecule has 0 saturated heterocycles. The number of esters is 1. The van der Waals surface area contributed by atoms with Gasteiger partial charge >= 0.3 is 12.0 Å². The zero-order chi connectivity index (χ0) is 13.0. The number of fused-ring (bicyclic) bond motifs is 1. The lowest BCUT2D eigenvalue weighted by Crippen LogP contribution is -2.45. The number of aromatic nitrogens is 2. The fraction of sp³-hybridized carbons (Fsp3) is 0.545. The fourth-order valence-electron chi connectivity index (χ4n) is 1.82. The van der Waals surface area contributed by atoms with Gasteiger partial charge in [-0.25, -0.2) is 9.78 Å². The molecule has 1 aliphatic heterocycles. The number of rotatable bonds is 3. The van der Waals surface area contributed by atoms with Crippen molar-refractivity contribution < 1.29 is 14.3 Å². The maximum Gasteiger partial charge on any atom is 0.325 e. The molecule has 2 rings (SSSR count). The zero-order valence-corrected chi connectivity index (χ0v) is 10.3. The van der Waals surface area contributed by atoms with Gasteiger partial charge in [-0.3, -0.25) is 4.79 Å². The molecule has 0 spiro atoms. The van der Waals surface area contributed by atoms with Crippen molar-refractivity contribution in [2.75, 3.05) is 19.7 Å². The molecule has 0 atom stereocenters. The summed E-state index contributed by atoms with van der Waals surface area (Å²) in [5, 5.41) is 2.54. The number of carbonyl (C=O) groups excluding carboxylic acids is 2. The summed E-state index contributed by atoms with van der Waals surface area (Å²) in [5.74, 6) is 0.428. The highest BCUT2D eigenvalue weighted by atomic mass is 16.5. The van der Waals surface area contributed by atoms with Crippen molar-refractivity contribution in [2.45, 2.75) is 20.0 Å². The number of imidazole rings is 1. The van der Waals surface area contributed by atoms with Crippen LogP contribution in [0.15, 0.2) is 12.4 Å². The third-order valence-corrected chi connectivity index (χ3v) is 2.72. The molecule has 7 nitrogen and oxygen atoms in total. The Morgan fingerprint density at radius 3 is 3.11 bits per heavy atom. The maximum absolute atomic E-state index is 11.8. The van der Waals surface area contributed by atoms with Crippen LogP contribution in [0.25, 0.3) is 0 Å². The first-order valence-corrected chi connectivity index (χ1v) is 5.89. The van der Waals surface area contributed by atoms with Crippen molar-refractivity contribution in [3.05, 3.63) is 18.2 Å². The molecule has 0 radical (unpaired) electrons. The minimum absolute atomic E-state index is 0.0996. The number of hydrogen-bond acceptors (Lipinski definition) is 4. The fourth-order valence-corrected chi connectivity index (χ4v) is 1.82. The van der Waals surface area contributed by atoms with Crippen LogP contribution in [0.4, 0.5) is 4.79 Å². The van der Waals surface area contributed by atoms with E-state index in [0.29, 0.717) is 19.7 Å². The topological polar surface area (TPSA) is 76.5 Å². The van der Waals surface area contributed by atoms with Gasteiger partial charge in [0, 0.05) is 25.5 Å². The second-order valence-corrected chi connectivity index (χ2v) is 3.92. The number of carbonyl (C=O) groups is 2. The molecule has 1 N–H and O–H groups in total. The predicted molar refractivity (Wildman–Crippen MR) is 62.7 cm³/mol. The van der Waals surface area contributed by atoms with Crippen LogP contribution < -0.4 is 5.32 Å². The van der Waals surface area contributed by atoms with Gasteiger partial charge in [0.2, 0.25) is 0 Å². The lowest BCUT2D eigenvalue weighted by atomic mass is 10.4. The molecule has 1 aromatic rings. The largest absolute Gasteiger partial charge is 0.465 e. The Morgan fingerprint density at radius 2 is 2.33 bits per heavy atom. The van der Waals surface area contributed by atoms with Crippen LogP contribution in [0.5, 0.6) is 0 Å².